The number of carboxylic acids is 1. The van der Waals surface area contributed by atoms with Crippen molar-refractivity contribution in [2.24, 2.45) is 5.73 Å². The molecule has 1 aromatic heterocycles. The van der Waals surface area contributed by atoms with E-state index in [2.05, 4.69) is 10.3 Å². The monoisotopic (exact) mass is 448 g/mol. The maximum absolute atomic E-state index is 13.3. The van der Waals surface area contributed by atoms with Gasteiger partial charge in [0.1, 0.15) is 12.1 Å². The van der Waals surface area contributed by atoms with E-state index < -0.39 is 35.9 Å². The van der Waals surface area contributed by atoms with Gasteiger partial charge in [0.2, 0.25) is 11.8 Å². The van der Waals surface area contributed by atoms with Crippen molar-refractivity contribution < 1.29 is 19.5 Å². The number of fused-ring (bicyclic) bond motifs is 1. The number of nitrogens with one attached hydrogen (secondary N) is 2. The smallest absolute Gasteiger partial charge is 0.326 e. The van der Waals surface area contributed by atoms with Gasteiger partial charge in [-0.25, -0.2) is 4.79 Å². The summed E-state index contributed by atoms with van der Waals surface area (Å²) in [6.07, 6.45) is 3.44. The van der Waals surface area contributed by atoms with E-state index in [4.69, 9.17) is 5.73 Å². The van der Waals surface area contributed by atoms with E-state index >= 15 is 0 Å². The van der Waals surface area contributed by atoms with Crippen molar-refractivity contribution in [1.29, 1.82) is 0 Å². The average Bonchev–Trinajstić information content (AvgIpc) is 3.47. The first-order valence-electron chi connectivity index (χ1n) is 11.1. The van der Waals surface area contributed by atoms with Crippen molar-refractivity contribution in [2.45, 2.75) is 43.8 Å². The molecular weight excluding hydrogens is 420 g/mol. The number of rotatable bonds is 8. The van der Waals surface area contributed by atoms with Gasteiger partial charge >= 0.3 is 5.97 Å². The molecular formula is C25H28N4O4. The average molecular weight is 449 g/mol. The Balaban J connectivity index is 1.50. The van der Waals surface area contributed by atoms with Gasteiger partial charge in [0.05, 0.1) is 6.04 Å². The first-order valence-corrected chi connectivity index (χ1v) is 11.1. The predicted molar refractivity (Wildman–Crippen MR) is 124 cm³/mol. The fraction of sp³-hybridized carbons (Fsp3) is 0.320. The molecule has 3 unspecified atom stereocenters. The van der Waals surface area contributed by atoms with Crippen LogP contribution in [0, 0.1) is 0 Å². The number of H-pyrrole nitrogens is 1. The number of benzene rings is 2. The highest BCUT2D eigenvalue weighted by atomic mass is 16.4. The summed E-state index contributed by atoms with van der Waals surface area (Å²) in [7, 11) is 0. The zero-order valence-electron chi connectivity index (χ0n) is 18.2. The Morgan fingerprint density at radius 2 is 1.82 bits per heavy atom. The number of aromatic nitrogens is 1. The number of carboxylic acid groups (broad SMARTS) is 1. The second kappa shape index (κ2) is 9.87. The van der Waals surface area contributed by atoms with Gasteiger partial charge in [0.15, 0.2) is 0 Å². The maximum atomic E-state index is 13.3. The van der Waals surface area contributed by atoms with E-state index in [0.29, 0.717) is 25.8 Å². The molecule has 1 aliphatic rings. The van der Waals surface area contributed by atoms with E-state index in [1.807, 2.05) is 60.8 Å². The third kappa shape index (κ3) is 5.06. The Morgan fingerprint density at radius 3 is 2.58 bits per heavy atom. The Hall–Kier alpha value is -3.65. The van der Waals surface area contributed by atoms with Crippen LogP contribution in [0.25, 0.3) is 10.9 Å². The molecule has 2 aromatic carbocycles. The van der Waals surface area contributed by atoms with Gasteiger partial charge in [-0.1, -0.05) is 48.5 Å². The quantitative estimate of drug-likeness (QED) is 0.418. The van der Waals surface area contributed by atoms with Gasteiger partial charge in [-0.3, -0.25) is 9.59 Å². The lowest BCUT2D eigenvalue weighted by molar-refractivity contribution is -0.149. The summed E-state index contributed by atoms with van der Waals surface area (Å²) in [6.45, 7) is 0.359. The maximum Gasteiger partial charge on any atom is 0.326 e. The highest BCUT2D eigenvalue weighted by molar-refractivity contribution is 5.93. The normalized spacial score (nSPS) is 17.6. The molecule has 1 fully saturated rings. The Bertz CT molecular complexity index is 1140. The fourth-order valence-electron chi connectivity index (χ4n) is 4.45. The highest BCUT2D eigenvalue weighted by Gasteiger charge is 2.38. The van der Waals surface area contributed by atoms with Crippen molar-refractivity contribution in [3.05, 3.63) is 71.9 Å². The second-order valence-corrected chi connectivity index (χ2v) is 8.45. The summed E-state index contributed by atoms with van der Waals surface area (Å²) in [6, 6.07) is 14.5. The number of amides is 2. The van der Waals surface area contributed by atoms with Gasteiger partial charge in [-0.2, -0.15) is 0 Å². The minimum absolute atomic E-state index is 0.258. The summed E-state index contributed by atoms with van der Waals surface area (Å²) in [5, 5.41) is 13.3. The molecule has 0 saturated carbocycles. The van der Waals surface area contributed by atoms with Crippen LogP contribution in [-0.4, -0.2) is 57.4 Å². The van der Waals surface area contributed by atoms with Gasteiger partial charge in [0, 0.05) is 30.1 Å². The van der Waals surface area contributed by atoms with Crippen molar-refractivity contribution in [3.8, 4) is 0 Å². The molecule has 33 heavy (non-hydrogen) atoms. The summed E-state index contributed by atoms with van der Waals surface area (Å²) in [5.41, 5.74) is 8.98. The number of carbonyl (C=O) groups is 3. The second-order valence-electron chi connectivity index (χ2n) is 8.45. The molecule has 0 radical (unpaired) electrons. The molecule has 172 valence electrons. The molecule has 8 heteroatoms. The molecule has 2 amide bonds. The first-order chi connectivity index (χ1) is 15.9. The minimum atomic E-state index is -1.03. The summed E-state index contributed by atoms with van der Waals surface area (Å²) < 4.78 is 0. The number of carbonyl (C=O) groups excluding carboxylic acids is 2. The third-order valence-electron chi connectivity index (χ3n) is 6.17. The Morgan fingerprint density at radius 1 is 1.09 bits per heavy atom. The molecule has 0 bridgehead atoms. The molecule has 1 aliphatic heterocycles. The topological polar surface area (TPSA) is 129 Å². The largest absolute Gasteiger partial charge is 0.480 e. The first kappa shape index (κ1) is 22.5. The lowest BCUT2D eigenvalue weighted by Gasteiger charge is -2.28. The predicted octanol–water partition coefficient (Wildman–Crippen LogP) is 1.84. The fourth-order valence-corrected chi connectivity index (χ4v) is 4.45. The number of hydrogen-bond acceptors (Lipinski definition) is 4. The van der Waals surface area contributed by atoms with Crippen LogP contribution < -0.4 is 11.1 Å². The van der Waals surface area contributed by atoms with Crippen molar-refractivity contribution in [1.82, 2.24) is 15.2 Å². The molecule has 4 rings (SSSR count). The van der Waals surface area contributed by atoms with E-state index in [9.17, 15) is 19.5 Å². The van der Waals surface area contributed by atoms with Gasteiger partial charge in [-0.15, -0.1) is 0 Å². The molecule has 3 aromatic rings. The van der Waals surface area contributed by atoms with E-state index in [0.717, 1.165) is 22.0 Å². The van der Waals surface area contributed by atoms with Crippen LogP contribution >= 0.6 is 0 Å². The lowest BCUT2D eigenvalue weighted by atomic mass is 10.0. The summed E-state index contributed by atoms with van der Waals surface area (Å²) >= 11 is 0. The van der Waals surface area contributed by atoms with E-state index in [1.165, 1.54) is 4.90 Å². The van der Waals surface area contributed by atoms with Crippen molar-refractivity contribution in [2.75, 3.05) is 6.54 Å². The van der Waals surface area contributed by atoms with Gasteiger partial charge < -0.3 is 26.0 Å². The number of para-hydroxylation sites is 1. The van der Waals surface area contributed by atoms with E-state index in [1.54, 1.807) is 0 Å². The Kier molecular flexibility index (Phi) is 6.74. The van der Waals surface area contributed by atoms with Crippen LogP contribution in [0.2, 0.25) is 0 Å². The zero-order valence-corrected chi connectivity index (χ0v) is 18.2. The summed E-state index contributed by atoms with van der Waals surface area (Å²) in [5.74, 6) is -1.86. The molecule has 5 N–H and O–H groups in total. The van der Waals surface area contributed by atoms with Crippen molar-refractivity contribution in [3.63, 3.8) is 0 Å². The molecule has 3 atom stereocenters. The summed E-state index contributed by atoms with van der Waals surface area (Å²) in [4.78, 5) is 42.5. The zero-order chi connectivity index (χ0) is 23.4. The van der Waals surface area contributed by atoms with Crippen molar-refractivity contribution >= 4 is 28.7 Å². The van der Waals surface area contributed by atoms with Crippen LogP contribution in [0.3, 0.4) is 0 Å². The minimum Gasteiger partial charge on any atom is -0.480 e. The number of nitrogens with two attached hydrogens (primary N) is 1. The number of hydrogen-bond donors (Lipinski definition) is 4. The molecule has 0 spiro atoms. The molecule has 0 aliphatic carbocycles. The Labute approximate surface area is 191 Å². The lowest BCUT2D eigenvalue weighted by Crippen LogP contribution is -2.55. The number of aliphatic carboxylic acids is 1. The molecule has 8 nitrogen and oxygen atoms in total. The van der Waals surface area contributed by atoms with Gasteiger partial charge in [-0.05, 0) is 36.5 Å². The number of nitrogens with zero attached hydrogens (tertiary/aromatic N) is 1. The molecule has 2 heterocycles. The van der Waals surface area contributed by atoms with Crippen LogP contribution in [0.4, 0.5) is 0 Å². The molecule has 1 saturated heterocycles. The SMILES string of the molecule is NC(Cc1c[nH]c2ccccc12)C(=O)NC(Cc1ccccc1)C(=O)N1CCCC1C(=O)O. The van der Waals surface area contributed by atoms with Crippen LogP contribution in [0.1, 0.15) is 24.0 Å². The number of aromatic amines is 1. The highest BCUT2D eigenvalue weighted by Crippen LogP contribution is 2.21. The van der Waals surface area contributed by atoms with E-state index in [-0.39, 0.29) is 6.42 Å². The number of likely N-dealkylation sites (tertiary alicyclic amines) is 1. The van der Waals surface area contributed by atoms with Crippen LogP contribution in [0.5, 0.6) is 0 Å². The van der Waals surface area contributed by atoms with Gasteiger partial charge in [0.25, 0.3) is 0 Å². The third-order valence-corrected chi connectivity index (χ3v) is 6.17. The van der Waals surface area contributed by atoms with Crippen LogP contribution in [-0.2, 0) is 27.2 Å². The standard InChI is InChI=1S/C25H28N4O4/c26-19(14-17-15-27-20-10-5-4-9-18(17)20)23(30)28-21(13-16-7-2-1-3-8-16)24(31)29-12-6-11-22(29)25(32)33/h1-5,7-10,15,19,21-22,27H,6,11-14,26H2,(H,28,30)(H,32,33). The van der Waals surface area contributed by atoms with Crippen LogP contribution in [0.15, 0.2) is 60.8 Å².